The van der Waals surface area contributed by atoms with Gasteiger partial charge in [0.15, 0.2) is 5.65 Å². The van der Waals surface area contributed by atoms with Gasteiger partial charge in [-0.1, -0.05) is 53.5 Å². The van der Waals surface area contributed by atoms with Crippen LogP contribution in [0.15, 0.2) is 66.9 Å². The molecule has 2 aromatic heterocycles. The van der Waals surface area contributed by atoms with E-state index in [1.165, 1.54) is 0 Å². The van der Waals surface area contributed by atoms with Crippen molar-refractivity contribution in [3.8, 4) is 17.0 Å². The lowest BCUT2D eigenvalue weighted by molar-refractivity contribution is -0.122. The van der Waals surface area contributed by atoms with Gasteiger partial charge in [0.2, 0.25) is 5.91 Å². The van der Waals surface area contributed by atoms with Gasteiger partial charge in [-0.15, -0.1) is 0 Å². The van der Waals surface area contributed by atoms with Gasteiger partial charge in [0.05, 0.1) is 34.5 Å². The van der Waals surface area contributed by atoms with Crippen molar-refractivity contribution < 1.29 is 9.53 Å². The largest absolute Gasteiger partial charge is 0.497 e. The van der Waals surface area contributed by atoms with Crippen molar-refractivity contribution in [2.24, 2.45) is 0 Å². The number of halogens is 2. The number of amides is 1. The molecule has 0 radical (unpaired) electrons. The van der Waals surface area contributed by atoms with Crippen LogP contribution in [0, 0.1) is 0 Å². The normalized spacial score (nSPS) is 12.0. The van der Waals surface area contributed by atoms with Gasteiger partial charge >= 0.3 is 0 Å². The first-order chi connectivity index (χ1) is 15.0. The number of hydrogen-bond donors (Lipinski definition) is 1. The Morgan fingerprint density at radius 2 is 1.84 bits per heavy atom. The molecule has 158 valence electrons. The van der Waals surface area contributed by atoms with Crippen molar-refractivity contribution in [1.29, 1.82) is 0 Å². The van der Waals surface area contributed by atoms with E-state index in [9.17, 15) is 4.79 Å². The first kappa shape index (κ1) is 21.2. The number of methoxy groups -OCH3 is 1. The molecule has 1 unspecified atom stereocenters. The molecule has 0 aliphatic rings. The van der Waals surface area contributed by atoms with Crippen LogP contribution in [-0.4, -0.2) is 22.4 Å². The molecule has 0 aliphatic heterocycles. The van der Waals surface area contributed by atoms with Crippen LogP contribution in [0.2, 0.25) is 10.0 Å². The molecule has 0 saturated carbocycles. The van der Waals surface area contributed by atoms with Crippen LogP contribution in [0.25, 0.3) is 16.9 Å². The summed E-state index contributed by atoms with van der Waals surface area (Å²) in [6, 6.07) is 19.0. The molecule has 0 fully saturated rings. The van der Waals surface area contributed by atoms with Crippen molar-refractivity contribution >= 4 is 34.8 Å². The van der Waals surface area contributed by atoms with E-state index < -0.39 is 5.92 Å². The highest BCUT2D eigenvalue weighted by molar-refractivity contribution is 6.36. The zero-order chi connectivity index (χ0) is 22.0. The molecule has 1 amide bonds. The van der Waals surface area contributed by atoms with Gasteiger partial charge in [0, 0.05) is 18.3 Å². The van der Waals surface area contributed by atoms with Crippen LogP contribution in [0.3, 0.4) is 0 Å². The minimum Gasteiger partial charge on any atom is -0.497 e. The van der Waals surface area contributed by atoms with Gasteiger partial charge in [0.25, 0.3) is 0 Å². The van der Waals surface area contributed by atoms with Crippen LogP contribution >= 0.6 is 23.2 Å². The molecular formula is C24H21Cl2N3O2. The number of ether oxygens (including phenoxy) is 1. The molecule has 31 heavy (non-hydrogen) atoms. The molecule has 4 aromatic rings. The summed E-state index contributed by atoms with van der Waals surface area (Å²) >= 11 is 12.7. The summed E-state index contributed by atoms with van der Waals surface area (Å²) in [6.07, 6.45) is 1.74. The van der Waals surface area contributed by atoms with Gasteiger partial charge in [0.1, 0.15) is 5.75 Å². The van der Waals surface area contributed by atoms with Crippen LogP contribution in [0.5, 0.6) is 5.75 Å². The third-order valence-electron chi connectivity index (χ3n) is 5.16. The Labute approximate surface area is 190 Å². The molecule has 1 N–H and O–H groups in total. The van der Waals surface area contributed by atoms with E-state index in [1.54, 1.807) is 23.8 Å². The first-order valence-corrected chi connectivity index (χ1v) is 10.6. The lowest BCUT2D eigenvalue weighted by atomic mass is 10.0. The molecule has 0 spiro atoms. The Kier molecular flexibility index (Phi) is 6.16. The van der Waals surface area contributed by atoms with Gasteiger partial charge < -0.3 is 10.1 Å². The van der Waals surface area contributed by atoms with Gasteiger partial charge in [-0.3, -0.25) is 9.20 Å². The molecule has 1 atom stereocenters. The van der Waals surface area contributed by atoms with Crippen molar-refractivity contribution in [2.45, 2.75) is 19.4 Å². The molecule has 4 rings (SSSR count). The minimum absolute atomic E-state index is 0.114. The van der Waals surface area contributed by atoms with Gasteiger partial charge in [-0.2, -0.15) is 0 Å². The number of hydrogen-bond acceptors (Lipinski definition) is 3. The summed E-state index contributed by atoms with van der Waals surface area (Å²) in [7, 11) is 1.62. The average molecular weight is 454 g/mol. The van der Waals surface area contributed by atoms with Crippen molar-refractivity contribution in [3.05, 3.63) is 88.2 Å². The van der Waals surface area contributed by atoms with E-state index in [-0.39, 0.29) is 5.91 Å². The number of benzene rings is 2. The van der Waals surface area contributed by atoms with E-state index in [4.69, 9.17) is 32.9 Å². The number of rotatable bonds is 6. The van der Waals surface area contributed by atoms with Crippen LogP contribution in [0.1, 0.15) is 24.1 Å². The first-order valence-electron chi connectivity index (χ1n) is 9.81. The lowest BCUT2D eigenvalue weighted by Crippen LogP contribution is -2.28. The smallest absolute Gasteiger partial charge is 0.229 e. The van der Waals surface area contributed by atoms with Crippen molar-refractivity contribution in [3.63, 3.8) is 0 Å². The van der Waals surface area contributed by atoms with Crippen molar-refractivity contribution in [2.75, 3.05) is 7.11 Å². The summed E-state index contributed by atoms with van der Waals surface area (Å²) < 4.78 is 7.06. The fraction of sp³-hybridized carbons (Fsp3) is 0.167. The summed E-state index contributed by atoms with van der Waals surface area (Å²) in [5.41, 5.74) is 3.83. The highest BCUT2D eigenvalue weighted by Gasteiger charge is 2.26. The van der Waals surface area contributed by atoms with Crippen LogP contribution < -0.4 is 10.1 Å². The molecule has 0 saturated heterocycles. The topological polar surface area (TPSA) is 55.6 Å². The molecule has 2 aromatic carbocycles. The molecule has 5 nitrogen and oxygen atoms in total. The molecule has 7 heteroatoms. The third kappa shape index (κ3) is 4.38. The molecule has 2 heterocycles. The minimum atomic E-state index is -0.495. The molecule has 0 bridgehead atoms. The maximum atomic E-state index is 13.1. The van der Waals surface area contributed by atoms with Gasteiger partial charge in [-0.05, 0) is 42.8 Å². The van der Waals surface area contributed by atoms with Gasteiger partial charge in [-0.25, -0.2) is 4.98 Å². The second-order valence-corrected chi connectivity index (χ2v) is 8.04. The zero-order valence-electron chi connectivity index (χ0n) is 17.1. The average Bonchev–Trinajstić information content (AvgIpc) is 3.17. The Morgan fingerprint density at radius 3 is 2.52 bits per heavy atom. The predicted molar refractivity (Wildman–Crippen MR) is 124 cm³/mol. The number of fused-ring (bicyclic) bond motifs is 1. The Hall–Kier alpha value is -3.02. The fourth-order valence-electron chi connectivity index (χ4n) is 3.53. The maximum absolute atomic E-state index is 13.1. The number of pyridine rings is 1. The van der Waals surface area contributed by atoms with Crippen LogP contribution in [0.4, 0.5) is 0 Å². The van der Waals surface area contributed by atoms with E-state index in [2.05, 4.69) is 5.32 Å². The Bertz CT molecular complexity index is 1220. The van der Waals surface area contributed by atoms with E-state index in [0.717, 1.165) is 22.6 Å². The standard InChI is InChI=1S/C24H21Cl2N3O2/c1-15(24(30)27-13-16-6-4-3-5-7-16)22-21(17-8-10-19(31-2)11-9-17)28-23-20(26)12-18(25)14-29(22)23/h3-12,14-15H,13H2,1-2H3,(H,27,30). The summed E-state index contributed by atoms with van der Waals surface area (Å²) in [5.74, 6) is 0.130. The van der Waals surface area contributed by atoms with E-state index >= 15 is 0 Å². The lowest BCUT2D eigenvalue weighted by Gasteiger charge is -2.15. The van der Waals surface area contributed by atoms with E-state index in [0.29, 0.717) is 27.9 Å². The highest BCUT2D eigenvalue weighted by atomic mass is 35.5. The van der Waals surface area contributed by atoms with Crippen LogP contribution in [-0.2, 0) is 11.3 Å². The SMILES string of the molecule is COc1ccc(-c2nc3c(Cl)cc(Cl)cn3c2C(C)C(=O)NCc2ccccc2)cc1. The summed E-state index contributed by atoms with van der Waals surface area (Å²) in [4.78, 5) is 17.8. The number of aromatic nitrogens is 2. The highest BCUT2D eigenvalue weighted by Crippen LogP contribution is 2.34. The number of carbonyl (C=O) groups is 1. The summed E-state index contributed by atoms with van der Waals surface area (Å²) in [5, 5.41) is 3.90. The number of nitrogens with one attached hydrogen (secondary N) is 1. The Morgan fingerprint density at radius 1 is 1.13 bits per heavy atom. The molecule has 0 aliphatic carbocycles. The second-order valence-electron chi connectivity index (χ2n) is 7.20. The number of imidazole rings is 1. The fourth-order valence-corrected chi connectivity index (χ4v) is 4.04. The van der Waals surface area contributed by atoms with Crippen molar-refractivity contribution in [1.82, 2.24) is 14.7 Å². The number of nitrogens with zero attached hydrogens (tertiary/aromatic N) is 2. The quantitative estimate of drug-likeness (QED) is 0.405. The summed E-state index contributed by atoms with van der Waals surface area (Å²) in [6.45, 7) is 2.30. The second kappa shape index (κ2) is 9.00. The number of carbonyl (C=O) groups excluding carboxylic acids is 1. The zero-order valence-corrected chi connectivity index (χ0v) is 18.6. The Balaban J connectivity index is 1.75. The predicted octanol–water partition coefficient (Wildman–Crippen LogP) is 5.74. The third-order valence-corrected chi connectivity index (χ3v) is 5.64. The monoisotopic (exact) mass is 453 g/mol. The maximum Gasteiger partial charge on any atom is 0.229 e. The molecular weight excluding hydrogens is 433 g/mol. The van der Waals surface area contributed by atoms with E-state index in [1.807, 2.05) is 61.5 Å².